The molecule has 0 atom stereocenters. The van der Waals surface area contributed by atoms with E-state index >= 15 is 0 Å². The standard InChI is InChI=1S/C17H15F2NO3/c1-20(2)17(22)12-5-3-11(4-6-12)10-23-14-8-7-13(9-21)15(18)16(14)19/h3-9H,10H2,1-2H3. The predicted octanol–water partition coefficient (Wildman–Crippen LogP) is 3.06. The second-order valence-corrected chi connectivity index (χ2v) is 5.08. The highest BCUT2D eigenvalue weighted by atomic mass is 19.2. The molecule has 0 aliphatic carbocycles. The summed E-state index contributed by atoms with van der Waals surface area (Å²) in [5.41, 5.74) is 0.854. The number of carbonyl (C=O) groups is 2. The lowest BCUT2D eigenvalue weighted by Crippen LogP contribution is -2.21. The number of aldehydes is 1. The molecule has 0 saturated carbocycles. The highest BCUT2D eigenvalue weighted by Gasteiger charge is 2.14. The zero-order valence-corrected chi connectivity index (χ0v) is 12.7. The van der Waals surface area contributed by atoms with Crippen LogP contribution in [0.25, 0.3) is 0 Å². The minimum absolute atomic E-state index is 0.00717. The van der Waals surface area contributed by atoms with Gasteiger partial charge in [-0.3, -0.25) is 9.59 Å². The van der Waals surface area contributed by atoms with Gasteiger partial charge in [0.25, 0.3) is 5.91 Å². The number of hydrogen-bond acceptors (Lipinski definition) is 3. The molecule has 120 valence electrons. The fraction of sp³-hybridized carbons (Fsp3) is 0.176. The lowest BCUT2D eigenvalue weighted by molar-refractivity contribution is 0.0827. The van der Waals surface area contributed by atoms with Crippen molar-refractivity contribution in [2.24, 2.45) is 0 Å². The summed E-state index contributed by atoms with van der Waals surface area (Å²) in [6, 6.07) is 8.96. The summed E-state index contributed by atoms with van der Waals surface area (Å²) < 4.78 is 32.4. The maximum absolute atomic E-state index is 13.7. The Hall–Kier alpha value is -2.76. The topological polar surface area (TPSA) is 46.6 Å². The van der Waals surface area contributed by atoms with Gasteiger partial charge in [0.05, 0.1) is 5.56 Å². The van der Waals surface area contributed by atoms with Gasteiger partial charge in [-0.1, -0.05) is 12.1 Å². The third-order valence-electron chi connectivity index (χ3n) is 3.21. The van der Waals surface area contributed by atoms with E-state index in [0.29, 0.717) is 11.1 Å². The largest absolute Gasteiger partial charge is 0.486 e. The van der Waals surface area contributed by atoms with E-state index in [-0.39, 0.29) is 30.1 Å². The van der Waals surface area contributed by atoms with Crippen molar-refractivity contribution in [3.05, 3.63) is 64.7 Å². The molecular formula is C17H15F2NO3. The first-order valence-corrected chi connectivity index (χ1v) is 6.80. The van der Waals surface area contributed by atoms with Crippen molar-refractivity contribution < 1.29 is 23.1 Å². The van der Waals surface area contributed by atoms with Crippen LogP contribution < -0.4 is 4.74 Å². The molecule has 2 rings (SSSR count). The first-order chi connectivity index (χ1) is 10.9. The molecule has 0 unspecified atom stereocenters. The van der Waals surface area contributed by atoms with E-state index < -0.39 is 11.6 Å². The van der Waals surface area contributed by atoms with Crippen molar-refractivity contribution in [2.75, 3.05) is 14.1 Å². The molecule has 0 aromatic heterocycles. The number of rotatable bonds is 5. The van der Waals surface area contributed by atoms with Crippen molar-refractivity contribution in [3.8, 4) is 5.75 Å². The van der Waals surface area contributed by atoms with Crippen LogP contribution >= 0.6 is 0 Å². The molecule has 0 heterocycles. The number of amides is 1. The Morgan fingerprint density at radius 1 is 1.09 bits per heavy atom. The molecule has 2 aromatic rings. The smallest absolute Gasteiger partial charge is 0.253 e. The number of benzene rings is 2. The van der Waals surface area contributed by atoms with E-state index in [0.717, 1.165) is 6.07 Å². The molecule has 0 fully saturated rings. The molecule has 0 bridgehead atoms. The zero-order valence-electron chi connectivity index (χ0n) is 12.7. The van der Waals surface area contributed by atoms with Crippen LogP contribution in [0.3, 0.4) is 0 Å². The average Bonchev–Trinajstić information content (AvgIpc) is 2.56. The summed E-state index contributed by atoms with van der Waals surface area (Å²) >= 11 is 0. The van der Waals surface area contributed by atoms with Gasteiger partial charge in [-0.25, -0.2) is 4.39 Å². The lowest BCUT2D eigenvalue weighted by Gasteiger charge is -2.11. The van der Waals surface area contributed by atoms with Crippen molar-refractivity contribution >= 4 is 12.2 Å². The van der Waals surface area contributed by atoms with Gasteiger partial charge in [-0.2, -0.15) is 4.39 Å². The van der Waals surface area contributed by atoms with Crippen LogP contribution in [-0.2, 0) is 6.61 Å². The van der Waals surface area contributed by atoms with E-state index in [4.69, 9.17) is 4.74 Å². The lowest BCUT2D eigenvalue weighted by atomic mass is 10.1. The van der Waals surface area contributed by atoms with Crippen molar-refractivity contribution in [2.45, 2.75) is 6.61 Å². The quantitative estimate of drug-likeness (QED) is 0.796. The molecule has 23 heavy (non-hydrogen) atoms. The Balaban J connectivity index is 2.08. The molecule has 6 heteroatoms. The van der Waals surface area contributed by atoms with E-state index in [1.54, 1.807) is 38.4 Å². The normalized spacial score (nSPS) is 10.3. The van der Waals surface area contributed by atoms with Gasteiger partial charge in [0.15, 0.2) is 17.9 Å². The first-order valence-electron chi connectivity index (χ1n) is 6.80. The summed E-state index contributed by atoms with van der Waals surface area (Å²) in [5.74, 6) is -2.84. The Bertz CT molecular complexity index is 727. The van der Waals surface area contributed by atoms with E-state index in [9.17, 15) is 18.4 Å². The van der Waals surface area contributed by atoms with Crippen molar-refractivity contribution in [1.29, 1.82) is 0 Å². The Labute approximate surface area is 132 Å². The fourth-order valence-electron chi connectivity index (χ4n) is 1.91. The van der Waals surface area contributed by atoms with Crippen molar-refractivity contribution in [1.82, 2.24) is 4.90 Å². The van der Waals surface area contributed by atoms with Crippen molar-refractivity contribution in [3.63, 3.8) is 0 Å². The summed E-state index contributed by atoms with van der Waals surface area (Å²) in [6.07, 6.45) is 0.239. The molecule has 4 nitrogen and oxygen atoms in total. The second kappa shape index (κ2) is 7.00. The van der Waals surface area contributed by atoms with Crippen LogP contribution in [0.5, 0.6) is 5.75 Å². The highest BCUT2D eigenvalue weighted by Crippen LogP contribution is 2.23. The SMILES string of the molecule is CN(C)C(=O)c1ccc(COc2ccc(C=O)c(F)c2F)cc1. The Morgan fingerprint density at radius 2 is 1.74 bits per heavy atom. The van der Waals surface area contributed by atoms with Gasteiger partial charge in [-0.15, -0.1) is 0 Å². The maximum atomic E-state index is 13.7. The molecule has 0 aliphatic rings. The first kappa shape index (κ1) is 16.6. The van der Waals surface area contributed by atoms with Gasteiger partial charge in [0.1, 0.15) is 6.61 Å². The van der Waals surface area contributed by atoms with Crippen LogP contribution in [0.15, 0.2) is 36.4 Å². The van der Waals surface area contributed by atoms with Crippen LogP contribution in [0.2, 0.25) is 0 Å². The average molecular weight is 319 g/mol. The third-order valence-corrected chi connectivity index (χ3v) is 3.21. The molecule has 0 spiro atoms. The van der Waals surface area contributed by atoms with Gasteiger partial charge in [-0.05, 0) is 29.8 Å². The Kier molecular flexibility index (Phi) is 5.05. The molecule has 0 radical (unpaired) electrons. The summed E-state index contributed by atoms with van der Waals surface area (Å²) in [4.78, 5) is 23.7. The summed E-state index contributed by atoms with van der Waals surface area (Å²) in [5, 5.41) is 0. The number of hydrogen-bond donors (Lipinski definition) is 0. The summed E-state index contributed by atoms with van der Waals surface area (Å²) in [7, 11) is 3.30. The minimum Gasteiger partial charge on any atom is -0.486 e. The highest BCUT2D eigenvalue weighted by molar-refractivity contribution is 5.93. The zero-order chi connectivity index (χ0) is 17.0. The number of ether oxygens (including phenoxy) is 1. The number of nitrogens with zero attached hydrogens (tertiary/aromatic N) is 1. The summed E-state index contributed by atoms with van der Waals surface area (Å²) in [6.45, 7) is 0.00717. The van der Waals surface area contributed by atoms with Gasteiger partial charge in [0.2, 0.25) is 5.82 Å². The van der Waals surface area contributed by atoms with Gasteiger partial charge >= 0.3 is 0 Å². The monoisotopic (exact) mass is 319 g/mol. The number of halogens is 2. The molecule has 2 aromatic carbocycles. The van der Waals surface area contributed by atoms with Crippen LogP contribution in [0.4, 0.5) is 8.78 Å². The third kappa shape index (κ3) is 3.71. The van der Waals surface area contributed by atoms with E-state index in [2.05, 4.69) is 0 Å². The molecule has 1 amide bonds. The predicted molar refractivity (Wildman–Crippen MR) is 80.5 cm³/mol. The Morgan fingerprint density at radius 3 is 2.30 bits per heavy atom. The van der Waals surface area contributed by atoms with Gasteiger partial charge < -0.3 is 9.64 Å². The number of carbonyl (C=O) groups excluding carboxylic acids is 2. The van der Waals surface area contributed by atoms with E-state index in [1.165, 1.54) is 11.0 Å². The maximum Gasteiger partial charge on any atom is 0.253 e. The van der Waals surface area contributed by atoms with E-state index in [1.807, 2.05) is 0 Å². The molecular weight excluding hydrogens is 304 g/mol. The van der Waals surface area contributed by atoms with Gasteiger partial charge in [0, 0.05) is 19.7 Å². The van der Waals surface area contributed by atoms with Crippen LogP contribution in [-0.4, -0.2) is 31.2 Å². The minimum atomic E-state index is -1.23. The fourth-order valence-corrected chi connectivity index (χ4v) is 1.91. The molecule has 0 saturated heterocycles. The van der Waals surface area contributed by atoms with Crippen LogP contribution in [0.1, 0.15) is 26.3 Å². The van der Waals surface area contributed by atoms with Crippen LogP contribution in [0, 0.1) is 11.6 Å². The second-order valence-electron chi connectivity index (χ2n) is 5.08. The molecule has 0 aliphatic heterocycles. The molecule has 0 N–H and O–H groups in total.